The zero-order valence-electron chi connectivity index (χ0n) is 13.0. The molecular weight excluding hydrogens is 272 g/mol. The maximum absolute atomic E-state index is 6.19. The lowest BCUT2D eigenvalue weighted by molar-refractivity contribution is 0.0898. The Labute approximate surface area is 128 Å². The van der Waals surface area contributed by atoms with Crippen LogP contribution in [0.1, 0.15) is 31.4 Å². The molecule has 1 aromatic rings. The van der Waals surface area contributed by atoms with Crippen LogP contribution in [0.15, 0.2) is 18.2 Å². The molecule has 0 bridgehead atoms. The van der Waals surface area contributed by atoms with Crippen molar-refractivity contribution in [1.82, 2.24) is 4.90 Å². The van der Waals surface area contributed by atoms with Crippen LogP contribution >= 0.6 is 12.4 Å². The van der Waals surface area contributed by atoms with Crippen LogP contribution in [0.5, 0.6) is 5.75 Å². The molecule has 1 heterocycles. The molecule has 4 heteroatoms. The van der Waals surface area contributed by atoms with Crippen molar-refractivity contribution in [2.75, 3.05) is 20.2 Å². The smallest absolute Gasteiger partial charge is 0.122 e. The molecule has 3 nitrogen and oxygen atoms in total. The lowest BCUT2D eigenvalue weighted by Crippen LogP contribution is -2.52. The standard InChI is InChI=1S/C16H26N2O.ClH/c1-12-5-6-13(9-14(12)19-4)10-18-8-7-15(17)16(2,3)11-18;/h5-6,9,15H,7-8,10-11,17H2,1-4H3;1H. The molecule has 1 saturated heterocycles. The highest BCUT2D eigenvalue weighted by Crippen LogP contribution is 2.29. The first-order chi connectivity index (χ1) is 8.92. The number of benzene rings is 1. The Morgan fingerprint density at radius 2 is 2.10 bits per heavy atom. The number of methoxy groups -OCH3 is 1. The van der Waals surface area contributed by atoms with Crippen molar-refractivity contribution < 1.29 is 4.74 Å². The summed E-state index contributed by atoms with van der Waals surface area (Å²) in [6.45, 7) is 9.72. The maximum Gasteiger partial charge on any atom is 0.122 e. The highest BCUT2D eigenvalue weighted by atomic mass is 35.5. The van der Waals surface area contributed by atoms with Crippen LogP contribution in [0.4, 0.5) is 0 Å². The fourth-order valence-electron chi connectivity index (χ4n) is 2.84. The fourth-order valence-corrected chi connectivity index (χ4v) is 2.84. The molecule has 1 aliphatic rings. The second-order valence-corrected chi connectivity index (χ2v) is 6.40. The normalized spacial score (nSPS) is 22.1. The third kappa shape index (κ3) is 3.87. The van der Waals surface area contributed by atoms with Gasteiger partial charge in [0.15, 0.2) is 0 Å². The van der Waals surface area contributed by atoms with E-state index in [4.69, 9.17) is 10.5 Å². The molecule has 1 aromatic carbocycles. The molecule has 0 radical (unpaired) electrons. The Kier molecular flexibility index (Phi) is 5.87. The minimum absolute atomic E-state index is 0. The Bertz CT molecular complexity index is 448. The van der Waals surface area contributed by atoms with Crippen molar-refractivity contribution in [3.63, 3.8) is 0 Å². The fraction of sp³-hybridized carbons (Fsp3) is 0.625. The van der Waals surface area contributed by atoms with E-state index in [0.29, 0.717) is 6.04 Å². The van der Waals surface area contributed by atoms with Gasteiger partial charge in [-0.25, -0.2) is 0 Å². The summed E-state index contributed by atoms with van der Waals surface area (Å²) in [4.78, 5) is 2.49. The van der Waals surface area contributed by atoms with Gasteiger partial charge >= 0.3 is 0 Å². The number of likely N-dealkylation sites (tertiary alicyclic amines) is 1. The number of hydrogen-bond donors (Lipinski definition) is 1. The molecular formula is C16H27ClN2O. The monoisotopic (exact) mass is 298 g/mol. The summed E-state index contributed by atoms with van der Waals surface area (Å²) in [5.41, 5.74) is 8.89. The first kappa shape index (κ1) is 17.3. The second-order valence-electron chi connectivity index (χ2n) is 6.40. The average Bonchev–Trinajstić information content (AvgIpc) is 2.36. The number of nitrogens with zero attached hydrogens (tertiary/aromatic N) is 1. The zero-order chi connectivity index (χ0) is 14.0. The van der Waals surface area contributed by atoms with E-state index < -0.39 is 0 Å². The van der Waals surface area contributed by atoms with Crippen molar-refractivity contribution in [2.24, 2.45) is 11.1 Å². The number of aryl methyl sites for hydroxylation is 1. The highest BCUT2D eigenvalue weighted by molar-refractivity contribution is 5.85. The van der Waals surface area contributed by atoms with Gasteiger partial charge in [0.05, 0.1) is 7.11 Å². The van der Waals surface area contributed by atoms with Crippen molar-refractivity contribution in [3.05, 3.63) is 29.3 Å². The van der Waals surface area contributed by atoms with Crippen LogP contribution in [0.3, 0.4) is 0 Å². The molecule has 0 aromatic heterocycles. The molecule has 2 rings (SSSR count). The van der Waals surface area contributed by atoms with Crippen LogP contribution in [-0.4, -0.2) is 31.1 Å². The molecule has 1 aliphatic heterocycles. The van der Waals surface area contributed by atoms with Gasteiger partial charge < -0.3 is 10.5 Å². The lowest BCUT2D eigenvalue weighted by Gasteiger charge is -2.42. The largest absolute Gasteiger partial charge is 0.496 e. The van der Waals surface area contributed by atoms with E-state index in [1.54, 1.807) is 7.11 Å². The predicted octanol–water partition coefficient (Wildman–Crippen LogP) is 2.98. The Morgan fingerprint density at radius 3 is 2.70 bits per heavy atom. The number of piperidine rings is 1. The quantitative estimate of drug-likeness (QED) is 0.932. The van der Waals surface area contributed by atoms with Crippen molar-refractivity contribution in [1.29, 1.82) is 0 Å². The van der Waals surface area contributed by atoms with Gasteiger partial charge in [-0.15, -0.1) is 12.4 Å². The van der Waals surface area contributed by atoms with E-state index in [1.807, 2.05) is 0 Å². The summed E-state index contributed by atoms with van der Waals surface area (Å²) in [5, 5.41) is 0. The van der Waals surface area contributed by atoms with Crippen molar-refractivity contribution in [3.8, 4) is 5.75 Å². The van der Waals surface area contributed by atoms with E-state index in [-0.39, 0.29) is 17.8 Å². The van der Waals surface area contributed by atoms with Crippen molar-refractivity contribution in [2.45, 2.75) is 39.8 Å². The summed E-state index contributed by atoms with van der Waals surface area (Å²) in [6, 6.07) is 6.79. The number of halogens is 1. The Balaban J connectivity index is 0.00000200. The summed E-state index contributed by atoms with van der Waals surface area (Å²) < 4.78 is 5.39. The average molecular weight is 299 g/mol. The van der Waals surface area contributed by atoms with Crippen LogP contribution in [0.25, 0.3) is 0 Å². The van der Waals surface area contributed by atoms with Gasteiger partial charge in [-0.1, -0.05) is 26.0 Å². The molecule has 1 unspecified atom stereocenters. The van der Waals surface area contributed by atoms with Crippen molar-refractivity contribution >= 4 is 12.4 Å². The van der Waals surface area contributed by atoms with Gasteiger partial charge in [-0.2, -0.15) is 0 Å². The summed E-state index contributed by atoms with van der Waals surface area (Å²) in [7, 11) is 1.73. The van der Waals surface area contributed by atoms with E-state index >= 15 is 0 Å². The SMILES string of the molecule is COc1cc(CN2CCC(N)C(C)(C)C2)ccc1C.Cl. The molecule has 114 valence electrons. The second kappa shape index (κ2) is 6.79. The third-order valence-electron chi connectivity index (χ3n) is 4.27. The number of ether oxygens (including phenoxy) is 1. The van der Waals surface area contributed by atoms with Crippen LogP contribution in [-0.2, 0) is 6.54 Å². The topological polar surface area (TPSA) is 38.5 Å². The van der Waals surface area contributed by atoms with Crippen LogP contribution < -0.4 is 10.5 Å². The number of nitrogens with two attached hydrogens (primary N) is 1. The van der Waals surface area contributed by atoms with Gasteiger partial charge in [-0.3, -0.25) is 4.90 Å². The van der Waals surface area contributed by atoms with E-state index in [1.165, 1.54) is 11.1 Å². The first-order valence-corrected chi connectivity index (χ1v) is 7.04. The Hall–Kier alpha value is -0.770. The van der Waals surface area contributed by atoms with E-state index in [0.717, 1.165) is 31.8 Å². The maximum atomic E-state index is 6.19. The molecule has 1 atom stereocenters. The van der Waals surface area contributed by atoms with Gasteiger partial charge in [0.1, 0.15) is 5.75 Å². The summed E-state index contributed by atoms with van der Waals surface area (Å²) >= 11 is 0. The number of hydrogen-bond acceptors (Lipinski definition) is 3. The highest BCUT2D eigenvalue weighted by Gasteiger charge is 2.33. The Morgan fingerprint density at radius 1 is 1.40 bits per heavy atom. The predicted molar refractivity (Wildman–Crippen MR) is 86.6 cm³/mol. The van der Waals surface area contributed by atoms with Gasteiger partial charge in [0.25, 0.3) is 0 Å². The lowest BCUT2D eigenvalue weighted by atomic mass is 9.79. The van der Waals surface area contributed by atoms with Gasteiger partial charge in [0.2, 0.25) is 0 Å². The summed E-state index contributed by atoms with van der Waals surface area (Å²) in [6.07, 6.45) is 1.08. The molecule has 20 heavy (non-hydrogen) atoms. The van der Waals surface area contributed by atoms with Gasteiger partial charge in [-0.05, 0) is 36.0 Å². The van der Waals surface area contributed by atoms with E-state index in [9.17, 15) is 0 Å². The molecule has 0 aliphatic carbocycles. The van der Waals surface area contributed by atoms with E-state index in [2.05, 4.69) is 43.9 Å². The van der Waals surface area contributed by atoms with Crippen LogP contribution in [0.2, 0.25) is 0 Å². The molecule has 0 amide bonds. The molecule has 2 N–H and O–H groups in total. The third-order valence-corrected chi connectivity index (χ3v) is 4.27. The molecule has 1 fully saturated rings. The molecule has 0 spiro atoms. The zero-order valence-corrected chi connectivity index (χ0v) is 13.8. The van der Waals surface area contributed by atoms with Crippen LogP contribution in [0, 0.1) is 12.3 Å². The minimum Gasteiger partial charge on any atom is -0.496 e. The minimum atomic E-state index is 0. The summed E-state index contributed by atoms with van der Waals surface area (Å²) in [5.74, 6) is 0.977. The number of rotatable bonds is 3. The first-order valence-electron chi connectivity index (χ1n) is 7.04. The van der Waals surface area contributed by atoms with Gasteiger partial charge in [0, 0.05) is 25.7 Å². The molecule has 0 saturated carbocycles.